The van der Waals surface area contributed by atoms with Crippen LogP contribution in [0.5, 0.6) is 0 Å². The summed E-state index contributed by atoms with van der Waals surface area (Å²) in [6.45, 7) is 0. The zero-order valence-electron chi connectivity index (χ0n) is 6.22. The van der Waals surface area contributed by atoms with Crippen LogP contribution in [0.3, 0.4) is 0 Å². The number of rotatable bonds is 0. The SMILES string of the molecule is [CH]12[CH]3[CH]4[CH]5[CH]1[V]23451678[CH]2[CH]1[CH]6[CH]7[CH]28. The average molecular weight is 181 g/mol. The van der Waals surface area contributed by atoms with Crippen LogP contribution in [0.25, 0.3) is 0 Å². The van der Waals surface area contributed by atoms with Crippen molar-refractivity contribution in [1.29, 1.82) is 0 Å². The summed E-state index contributed by atoms with van der Waals surface area (Å²) in [6.07, 6.45) is 0. The van der Waals surface area contributed by atoms with Gasteiger partial charge in [-0.25, -0.2) is 0 Å². The molecule has 1 spiro atoms. The van der Waals surface area contributed by atoms with Crippen molar-refractivity contribution in [2.24, 2.45) is 0 Å². The normalized spacial score (nSPS) is 171. The Morgan fingerprint density at radius 1 is 0.364 bits per heavy atom. The molecular weight excluding hydrogens is 171 g/mol. The fourth-order valence-corrected chi connectivity index (χ4v) is 122. The fraction of sp³-hybridized carbons (Fsp3) is 1.00. The van der Waals surface area contributed by atoms with Crippen LogP contribution < -0.4 is 0 Å². The maximum atomic E-state index is 1.61. The summed E-state index contributed by atoms with van der Waals surface area (Å²) in [6, 6.07) is 0. The molecule has 0 aromatic rings. The Bertz CT molecular complexity index is 572. The number of hydrogen-bond donors (Lipinski definition) is 0. The van der Waals surface area contributed by atoms with Crippen molar-refractivity contribution in [2.45, 2.75) is 46.3 Å². The van der Waals surface area contributed by atoms with Crippen molar-refractivity contribution in [3.63, 3.8) is 0 Å². The van der Waals surface area contributed by atoms with Crippen molar-refractivity contribution in [1.82, 2.24) is 0 Å². The van der Waals surface area contributed by atoms with Crippen molar-refractivity contribution < 1.29 is 7.25 Å². The van der Waals surface area contributed by atoms with Gasteiger partial charge in [-0.1, -0.05) is 0 Å². The molecule has 0 aromatic carbocycles. The molecule has 0 aliphatic carbocycles. The van der Waals surface area contributed by atoms with Crippen LogP contribution in [0, 0.1) is 0 Å². The Morgan fingerprint density at radius 2 is 0.545 bits per heavy atom. The van der Waals surface area contributed by atoms with Gasteiger partial charge in [0, 0.05) is 0 Å². The van der Waals surface area contributed by atoms with E-state index in [4.69, 9.17) is 0 Å². The molecule has 0 N–H and O–H groups in total. The molecule has 10 heterocycles. The predicted octanol–water partition coefficient (Wildman–Crippen LogP) is 3.38. The third-order valence-corrected chi connectivity index (χ3v) is 71.1. The van der Waals surface area contributed by atoms with Crippen LogP contribution in [-0.2, 0) is 7.25 Å². The molecule has 55 valence electrons. The van der Waals surface area contributed by atoms with E-state index in [0.29, 0.717) is 0 Å². The minimum absolute atomic E-state index is 1.61. The Balaban J connectivity index is 2.46. The van der Waals surface area contributed by atoms with Gasteiger partial charge in [0.1, 0.15) is 0 Å². The summed E-state index contributed by atoms with van der Waals surface area (Å²) >= 11 is 0. The molecule has 11 heavy (non-hydrogen) atoms. The molecule has 10 fully saturated rings. The van der Waals surface area contributed by atoms with E-state index < -0.39 is 7.25 Å². The van der Waals surface area contributed by atoms with Crippen LogP contribution in [0.2, 0.25) is 46.3 Å². The number of fused-ring (bicyclic) bond motifs is 10. The molecule has 0 amide bonds. The first-order chi connectivity index (χ1) is 5.16. The van der Waals surface area contributed by atoms with Gasteiger partial charge in [-0.15, -0.1) is 0 Å². The molecule has 0 aromatic heterocycles. The van der Waals surface area contributed by atoms with Crippen LogP contribution in [-0.4, -0.2) is 0 Å². The van der Waals surface area contributed by atoms with E-state index in [-0.39, 0.29) is 0 Å². The predicted molar refractivity (Wildman–Crippen MR) is 37.5 cm³/mol. The van der Waals surface area contributed by atoms with E-state index in [2.05, 4.69) is 0 Å². The van der Waals surface area contributed by atoms with Crippen LogP contribution >= 0.6 is 0 Å². The summed E-state index contributed by atoms with van der Waals surface area (Å²) in [5.74, 6) is 0. The molecule has 10 aliphatic heterocycles. The average Bonchev–Trinajstić information content (AvgIpc) is 3.01. The van der Waals surface area contributed by atoms with Crippen LogP contribution in [0.1, 0.15) is 0 Å². The zero-order chi connectivity index (χ0) is 6.09. The summed E-state index contributed by atoms with van der Waals surface area (Å²) in [7, 11) is -2.55. The molecule has 10 rings (SSSR count). The van der Waals surface area contributed by atoms with E-state index >= 15 is 0 Å². The first kappa shape index (κ1) is 3.06. The van der Waals surface area contributed by atoms with Gasteiger partial charge >= 0.3 is 53.5 Å². The van der Waals surface area contributed by atoms with Gasteiger partial charge in [0.05, 0.1) is 0 Å². The van der Waals surface area contributed by atoms with Gasteiger partial charge in [-0.3, -0.25) is 0 Å². The van der Waals surface area contributed by atoms with Crippen molar-refractivity contribution in [2.75, 3.05) is 0 Å². The summed E-state index contributed by atoms with van der Waals surface area (Å²) in [5.41, 5.74) is 0. The molecular formula is C10H10V. The van der Waals surface area contributed by atoms with Crippen LogP contribution in [0.4, 0.5) is 0 Å². The summed E-state index contributed by atoms with van der Waals surface area (Å²) < 4.78 is 16.1. The summed E-state index contributed by atoms with van der Waals surface area (Å²) in [4.78, 5) is 0. The van der Waals surface area contributed by atoms with Gasteiger partial charge in [0.25, 0.3) is 0 Å². The third kappa shape index (κ3) is 0.0194. The van der Waals surface area contributed by atoms with E-state index in [9.17, 15) is 0 Å². The molecule has 0 radical (unpaired) electrons. The second-order valence-corrected chi connectivity index (χ2v) is 41.9. The van der Waals surface area contributed by atoms with E-state index in [0.717, 1.165) is 0 Å². The van der Waals surface area contributed by atoms with E-state index in [1.807, 2.05) is 0 Å². The molecule has 0 nitrogen and oxygen atoms in total. The van der Waals surface area contributed by atoms with Crippen molar-refractivity contribution in [3.8, 4) is 0 Å². The zero-order valence-corrected chi connectivity index (χ0v) is 7.62. The van der Waals surface area contributed by atoms with Gasteiger partial charge < -0.3 is 0 Å². The maximum absolute atomic E-state index is 2.55. The third-order valence-electron chi connectivity index (χ3n) is 18.1. The summed E-state index contributed by atoms with van der Waals surface area (Å²) in [5, 5.41) is 0. The molecule has 10 aliphatic rings. The molecule has 0 bridgehead atoms. The van der Waals surface area contributed by atoms with Gasteiger partial charge in [0.15, 0.2) is 0 Å². The Morgan fingerprint density at radius 3 is 0.545 bits per heavy atom. The number of hydrogen-bond acceptors (Lipinski definition) is 0. The van der Waals surface area contributed by atoms with Gasteiger partial charge in [-0.2, -0.15) is 0 Å². The fourth-order valence-electron chi connectivity index (χ4n) is 20.5. The quantitative estimate of drug-likeness (QED) is 0.537. The molecule has 0 atom stereocenters. The second kappa shape index (κ2) is 0.170. The molecule has 1 heteroatoms. The molecule has 0 saturated carbocycles. The Hall–Kier alpha value is 0.584. The first-order valence-electron chi connectivity index (χ1n) is 5.92. The van der Waals surface area contributed by atoms with Crippen molar-refractivity contribution >= 4 is 0 Å². The Kier molecular flexibility index (Phi) is 0.0474. The van der Waals surface area contributed by atoms with E-state index in [1.54, 1.807) is 46.3 Å². The molecule has 10 saturated heterocycles. The Labute approximate surface area is 53.8 Å². The van der Waals surface area contributed by atoms with Gasteiger partial charge in [-0.05, 0) is 0 Å². The first-order valence-corrected chi connectivity index (χ1v) is 14.0. The van der Waals surface area contributed by atoms with Gasteiger partial charge in [0.2, 0.25) is 0 Å². The van der Waals surface area contributed by atoms with Crippen molar-refractivity contribution in [3.05, 3.63) is 0 Å². The minimum atomic E-state index is -2.55. The van der Waals surface area contributed by atoms with E-state index in [1.165, 1.54) is 0 Å². The standard InChI is InChI=1S/2C5H5.V/c2*1-2-4-5-3-1;/h2*1-5H;. The second-order valence-electron chi connectivity index (χ2n) is 11.6. The monoisotopic (exact) mass is 181 g/mol. The molecule has 0 unspecified atom stereocenters. The topological polar surface area (TPSA) is 0 Å². The van der Waals surface area contributed by atoms with Crippen LogP contribution in [0.15, 0.2) is 0 Å².